The van der Waals surface area contributed by atoms with Crippen molar-refractivity contribution < 1.29 is 4.79 Å². The molecule has 2 rings (SSSR count). The maximum absolute atomic E-state index is 11.7. The molecule has 0 bridgehead atoms. The summed E-state index contributed by atoms with van der Waals surface area (Å²) in [7, 11) is 1.79. The minimum absolute atomic E-state index is 0. The van der Waals surface area contributed by atoms with Crippen molar-refractivity contribution in [1.82, 2.24) is 15.5 Å². The molecule has 1 aliphatic rings. The zero-order valence-corrected chi connectivity index (χ0v) is 17.9. The Balaban J connectivity index is 0.00000312. The molecule has 25 heavy (non-hydrogen) atoms. The van der Waals surface area contributed by atoms with E-state index in [1.165, 1.54) is 11.1 Å². The molecule has 140 valence electrons. The number of carbonyl (C=O) groups excluding carboxylic acids is 1. The Morgan fingerprint density at radius 3 is 2.52 bits per heavy atom. The maximum atomic E-state index is 11.7. The van der Waals surface area contributed by atoms with Gasteiger partial charge in [-0.15, -0.1) is 24.0 Å². The first-order chi connectivity index (χ1) is 11.7. The van der Waals surface area contributed by atoms with E-state index in [0.717, 1.165) is 44.9 Å². The van der Waals surface area contributed by atoms with Gasteiger partial charge in [-0.05, 0) is 30.4 Å². The fourth-order valence-electron chi connectivity index (χ4n) is 2.98. The third kappa shape index (κ3) is 6.84. The van der Waals surface area contributed by atoms with E-state index in [1.54, 1.807) is 7.05 Å². The van der Waals surface area contributed by atoms with Crippen LogP contribution < -0.4 is 10.6 Å². The lowest BCUT2D eigenvalue weighted by atomic mass is 10.1. The molecule has 0 radical (unpaired) electrons. The molecule has 1 aromatic carbocycles. The van der Waals surface area contributed by atoms with Crippen molar-refractivity contribution in [1.29, 1.82) is 0 Å². The lowest BCUT2D eigenvalue weighted by Gasteiger charge is -2.18. The summed E-state index contributed by atoms with van der Waals surface area (Å²) in [5.41, 5.74) is 2.70. The van der Waals surface area contributed by atoms with E-state index in [0.29, 0.717) is 6.42 Å². The molecule has 1 atom stereocenters. The van der Waals surface area contributed by atoms with Gasteiger partial charge in [-0.1, -0.05) is 38.1 Å². The van der Waals surface area contributed by atoms with E-state index < -0.39 is 0 Å². The minimum Gasteiger partial charge on any atom is -0.356 e. The average Bonchev–Trinajstić information content (AvgIpc) is 3.09. The average molecular weight is 458 g/mol. The molecule has 0 spiro atoms. The van der Waals surface area contributed by atoms with Gasteiger partial charge in [-0.25, -0.2) is 0 Å². The molecular formula is C19H31IN4O. The molecule has 1 saturated heterocycles. The molecule has 2 N–H and O–H groups in total. The fourth-order valence-corrected chi connectivity index (χ4v) is 2.98. The van der Waals surface area contributed by atoms with E-state index in [1.807, 2.05) is 11.8 Å². The van der Waals surface area contributed by atoms with Crippen molar-refractivity contribution in [2.24, 2.45) is 4.99 Å². The van der Waals surface area contributed by atoms with Gasteiger partial charge in [0.15, 0.2) is 5.96 Å². The van der Waals surface area contributed by atoms with E-state index >= 15 is 0 Å². The Morgan fingerprint density at radius 1 is 1.24 bits per heavy atom. The van der Waals surface area contributed by atoms with Crippen molar-refractivity contribution in [3.8, 4) is 0 Å². The van der Waals surface area contributed by atoms with Crippen LogP contribution in [0.3, 0.4) is 0 Å². The molecule has 1 aromatic rings. The van der Waals surface area contributed by atoms with Crippen LogP contribution in [0, 0.1) is 0 Å². The monoisotopic (exact) mass is 458 g/mol. The first-order valence-electron chi connectivity index (χ1n) is 8.99. The van der Waals surface area contributed by atoms with Crippen LogP contribution in [0.1, 0.15) is 37.8 Å². The smallest absolute Gasteiger partial charge is 0.222 e. The van der Waals surface area contributed by atoms with Crippen LogP contribution in [0.5, 0.6) is 0 Å². The number of nitrogens with one attached hydrogen (secondary N) is 2. The standard InChI is InChI=1S/C19H30N4O.HI/c1-4-15-6-8-16(9-7-15)10-12-21-19(20-3)22-17-11-13-23(14-17)18(24)5-2;/h6-9,17H,4-5,10-14H2,1-3H3,(H2,20,21,22);1H. The lowest BCUT2D eigenvalue weighted by molar-refractivity contribution is -0.129. The largest absolute Gasteiger partial charge is 0.356 e. The van der Waals surface area contributed by atoms with E-state index in [9.17, 15) is 4.79 Å². The van der Waals surface area contributed by atoms with Gasteiger partial charge in [-0.3, -0.25) is 9.79 Å². The highest BCUT2D eigenvalue weighted by atomic mass is 127. The van der Waals surface area contributed by atoms with Gasteiger partial charge in [0.2, 0.25) is 5.91 Å². The number of hydrogen-bond donors (Lipinski definition) is 2. The number of rotatable bonds is 6. The fraction of sp³-hybridized carbons (Fsp3) is 0.579. The highest BCUT2D eigenvalue weighted by Gasteiger charge is 2.25. The molecule has 0 saturated carbocycles. The van der Waals surface area contributed by atoms with E-state index in [2.05, 4.69) is 46.8 Å². The van der Waals surface area contributed by atoms with E-state index in [4.69, 9.17) is 0 Å². The zero-order chi connectivity index (χ0) is 17.4. The van der Waals surface area contributed by atoms with Gasteiger partial charge in [-0.2, -0.15) is 0 Å². The Hall–Kier alpha value is -1.31. The Kier molecular flexibility index (Phi) is 9.85. The first-order valence-corrected chi connectivity index (χ1v) is 8.99. The summed E-state index contributed by atoms with van der Waals surface area (Å²) >= 11 is 0. The summed E-state index contributed by atoms with van der Waals surface area (Å²) in [6.07, 6.45) is 3.60. The number of halogens is 1. The van der Waals surface area contributed by atoms with Crippen molar-refractivity contribution in [3.05, 3.63) is 35.4 Å². The number of guanidine groups is 1. The first kappa shape index (κ1) is 21.7. The van der Waals surface area contributed by atoms with Crippen LogP contribution in [0.2, 0.25) is 0 Å². The highest BCUT2D eigenvalue weighted by molar-refractivity contribution is 14.0. The molecule has 1 fully saturated rings. The topological polar surface area (TPSA) is 56.7 Å². The quantitative estimate of drug-likeness (QED) is 0.392. The second-order valence-electron chi connectivity index (χ2n) is 6.24. The van der Waals surface area contributed by atoms with Crippen LogP contribution in [0.4, 0.5) is 0 Å². The molecular weight excluding hydrogens is 427 g/mol. The van der Waals surface area contributed by atoms with Gasteiger partial charge in [0.05, 0.1) is 0 Å². The maximum Gasteiger partial charge on any atom is 0.222 e. The van der Waals surface area contributed by atoms with Crippen LogP contribution in [0.15, 0.2) is 29.3 Å². The number of hydrogen-bond acceptors (Lipinski definition) is 2. The van der Waals surface area contributed by atoms with Crippen LogP contribution in [0.25, 0.3) is 0 Å². The second kappa shape index (κ2) is 11.3. The van der Waals surface area contributed by atoms with E-state index in [-0.39, 0.29) is 35.9 Å². The predicted molar refractivity (Wildman–Crippen MR) is 115 cm³/mol. The SMILES string of the molecule is CCC(=O)N1CCC(NC(=NC)NCCc2ccc(CC)cc2)C1.I. The summed E-state index contributed by atoms with van der Waals surface area (Å²) in [6.45, 7) is 6.54. The molecule has 6 heteroatoms. The molecule has 0 aromatic heterocycles. The van der Waals surface area contributed by atoms with Crippen molar-refractivity contribution in [3.63, 3.8) is 0 Å². The van der Waals surface area contributed by atoms with Gasteiger partial charge >= 0.3 is 0 Å². The summed E-state index contributed by atoms with van der Waals surface area (Å²) in [5, 5.41) is 6.79. The van der Waals surface area contributed by atoms with Crippen molar-refractivity contribution >= 4 is 35.8 Å². The summed E-state index contributed by atoms with van der Waals surface area (Å²) in [5.74, 6) is 1.05. The van der Waals surface area contributed by atoms with Crippen LogP contribution >= 0.6 is 24.0 Å². The number of amides is 1. The van der Waals surface area contributed by atoms with Gasteiger partial charge in [0.25, 0.3) is 0 Å². The highest BCUT2D eigenvalue weighted by Crippen LogP contribution is 2.10. The number of aryl methyl sites for hydroxylation is 1. The molecule has 1 amide bonds. The Bertz CT molecular complexity index is 559. The summed E-state index contributed by atoms with van der Waals surface area (Å²) < 4.78 is 0. The number of aliphatic imine (C=N–C) groups is 1. The number of likely N-dealkylation sites (tertiary alicyclic amines) is 1. The lowest BCUT2D eigenvalue weighted by Crippen LogP contribution is -2.45. The molecule has 0 aliphatic carbocycles. The summed E-state index contributed by atoms with van der Waals surface area (Å²) in [4.78, 5) is 18.0. The van der Waals surface area contributed by atoms with Crippen molar-refractivity contribution in [2.45, 2.75) is 45.6 Å². The minimum atomic E-state index is 0. The Morgan fingerprint density at radius 2 is 1.92 bits per heavy atom. The van der Waals surface area contributed by atoms with Gasteiger partial charge in [0, 0.05) is 39.1 Å². The van der Waals surface area contributed by atoms with Gasteiger partial charge in [0.1, 0.15) is 0 Å². The number of carbonyl (C=O) groups is 1. The van der Waals surface area contributed by atoms with Gasteiger partial charge < -0.3 is 15.5 Å². The van der Waals surface area contributed by atoms with Crippen molar-refractivity contribution in [2.75, 3.05) is 26.7 Å². The van der Waals surface area contributed by atoms with Crippen LogP contribution in [-0.4, -0.2) is 49.5 Å². The normalized spacial score (nSPS) is 17.2. The molecule has 1 aliphatic heterocycles. The zero-order valence-electron chi connectivity index (χ0n) is 15.5. The third-order valence-electron chi connectivity index (χ3n) is 4.55. The number of nitrogens with zero attached hydrogens (tertiary/aromatic N) is 2. The third-order valence-corrected chi connectivity index (χ3v) is 4.55. The van der Waals surface area contributed by atoms with Crippen LogP contribution in [-0.2, 0) is 17.6 Å². The molecule has 5 nitrogen and oxygen atoms in total. The summed E-state index contributed by atoms with van der Waals surface area (Å²) in [6, 6.07) is 9.07. The number of benzene rings is 1. The second-order valence-corrected chi connectivity index (χ2v) is 6.24. The Labute approximate surface area is 168 Å². The molecule has 1 heterocycles. The molecule has 1 unspecified atom stereocenters. The predicted octanol–water partition coefficient (Wildman–Crippen LogP) is 2.59.